The third-order valence-electron chi connectivity index (χ3n) is 1.97. The van der Waals surface area contributed by atoms with Crippen molar-refractivity contribution in [2.24, 2.45) is 0 Å². The smallest absolute Gasteiger partial charge is 0.224 e. The number of anilines is 1. The van der Waals surface area contributed by atoms with Crippen LogP contribution in [-0.4, -0.2) is 18.9 Å². The fraction of sp³-hybridized carbons (Fsp3) is 0.364. The number of carbonyl (C=O) groups is 1. The Labute approximate surface area is 108 Å². The zero-order valence-corrected chi connectivity index (χ0v) is 11.3. The molecule has 5 heteroatoms. The largest absolute Gasteiger partial charge is 0.495 e. The van der Waals surface area contributed by atoms with Crippen molar-refractivity contribution in [3.63, 3.8) is 0 Å². The molecule has 1 N–H and O–H groups in total. The minimum absolute atomic E-state index is 0.0370. The van der Waals surface area contributed by atoms with Gasteiger partial charge in [0, 0.05) is 24.1 Å². The minimum Gasteiger partial charge on any atom is -0.495 e. The second-order valence-corrected chi connectivity index (χ2v) is 4.42. The first kappa shape index (κ1) is 13.3. The first-order chi connectivity index (χ1) is 7.67. The molecule has 1 aromatic carbocycles. The van der Waals surface area contributed by atoms with Gasteiger partial charge in [0.2, 0.25) is 5.91 Å². The zero-order valence-electron chi connectivity index (χ0n) is 8.93. The van der Waals surface area contributed by atoms with E-state index < -0.39 is 0 Å². The van der Waals surface area contributed by atoms with Crippen LogP contribution in [0.3, 0.4) is 0 Å². The molecule has 0 aromatic heterocycles. The molecule has 0 bridgehead atoms. The molecule has 0 saturated carbocycles. The lowest BCUT2D eigenvalue weighted by Crippen LogP contribution is -2.11. The third-order valence-corrected chi connectivity index (χ3v) is 2.89. The van der Waals surface area contributed by atoms with E-state index >= 15 is 0 Å². The number of carbonyl (C=O) groups excluding carboxylic acids is 1. The summed E-state index contributed by atoms with van der Waals surface area (Å²) in [5, 5.41) is 2.78. The molecule has 0 atom stereocenters. The number of halogens is 2. The van der Waals surface area contributed by atoms with Gasteiger partial charge in [-0.25, -0.2) is 0 Å². The van der Waals surface area contributed by atoms with Crippen LogP contribution in [0.4, 0.5) is 5.69 Å². The molecule has 1 amide bonds. The third kappa shape index (κ3) is 4.02. The van der Waals surface area contributed by atoms with Crippen LogP contribution < -0.4 is 10.1 Å². The van der Waals surface area contributed by atoms with E-state index in [0.29, 0.717) is 24.5 Å². The predicted octanol–water partition coefficient (Wildman–Crippen LogP) is 3.42. The highest BCUT2D eigenvalue weighted by Gasteiger charge is 2.05. The molecule has 0 unspecified atom stereocenters. The van der Waals surface area contributed by atoms with Crippen LogP contribution in [0.25, 0.3) is 0 Å². The highest BCUT2D eigenvalue weighted by molar-refractivity contribution is 9.10. The molecule has 0 heterocycles. The van der Waals surface area contributed by atoms with E-state index in [9.17, 15) is 4.79 Å². The molecule has 0 saturated heterocycles. The summed E-state index contributed by atoms with van der Waals surface area (Å²) in [6.07, 6.45) is 1.11. The van der Waals surface area contributed by atoms with Crippen molar-refractivity contribution in [1.29, 1.82) is 0 Å². The lowest BCUT2D eigenvalue weighted by molar-refractivity contribution is -0.116. The Bertz CT molecular complexity index is 371. The van der Waals surface area contributed by atoms with Gasteiger partial charge in [-0.3, -0.25) is 4.79 Å². The van der Waals surface area contributed by atoms with Gasteiger partial charge in [0.15, 0.2) is 0 Å². The van der Waals surface area contributed by atoms with Crippen LogP contribution in [-0.2, 0) is 4.79 Å². The molecule has 1 aromatic rings. The molecule has 0 aliphatic rings. The summed E-state index contributed by atoms with van der Waals surface area (Å²) in [6.45, 7) is 0. The number of methoxy groups -OCH3 is 1. The highest BCUT2D eigenvalue weighted by Crippen LogP contribution is 2.27. The molecule has 0 radical (unpaired) electrons. The number of amides is 1. The van der Waals surface area contributed by atoms with Crippen molar-refractivity contribution in [2.75, 3.05) is 18.3 Å². The average molecular weight is 307 g/mol. The predicted molar refractivity (Wildman–Crippen MR) is 69.3 cm³/mol. The summed E-state index contributed by atoms with van der Waals surface area (Å²) in [7, 11) is 1.58. The van der Waals surface area contributed by atoms with E-state index in [-0.39, 0.29) is 5.91 Å². The monoisotopic (exact) mass is 305 g/mol. The number of rotatable bonds is 5. The SMILES string of the molecule is COc1cc(NC(=O)CCCCl)ccc1Br. The maximum atomic E-state index is 11.4. The van der Waals surface area contributed by atoms with Crippen LogP contribution in [0.1, 0.15) is 12.8 Å². The molecule has 88 valence electrons. The first-order valence-corrected chi connectivity index (χ1v) is 6.19. The molecule has 16 heavy (non-hydrogen) atoms. The number of benzene rings is 1. The van der Waals surface area contributed by atoms with Crippen molar-refractivity contribution in [3.8, 4) is 5.75 Å². The molecular formula is C11H13BrClNO2. The molecule has 0 spiro atoms. The average Bonchev–Trinajstić information content (AvgIpc) is 2.29. The molecule has 0 fully saturated rings. The number of alkyl halides is 1. The first-order valence-electron chi connectivity index (χ1n) is 4.86. The van der Waals surface area contributed by atoms with Crippen molar-refractivity contribution in [2.45, 2.75) is 12.8 Å². The Balaban J connectivity index is 2.63. The van der Waals surface area contributed by atoms with Crippen LogP contribution in [0.15, 0.2) is 22.7 Å². The fourth-order valence-corrected chi connectivity index (χ4v) is 1.73. The van der Waals surface area contributed by atoms with E-state index in [1.165, 1.54) is 0 Å². The van der Waals surface area contributed by atoms with E-state index in [1.54, 1.807) is 13.2 Å². The van der Waals surface area contributed by atoms with Gasteiger partial charge in [0.25, 0.3) is 0 Å². The van der Waals surface area contributed by atoms with Crippen molar-refractivity contribution < 1.29 is 9.53 Å². The maximum Gasteiger partial charge on any atom is 0.224 e. The Morgan fingerprint density at radius 2 is 2.31 bits per heavy atom. The minimum atomic E-state index is -0.0370. The number of hydrogen-bond acceptors (Lipinski definition) is 2. The molecule has 0 aliphatic heterocycles. The van der Waals surface area contributed by atoms with Crippen LogP contribution in [0.2, 0.25) is 0 Å². The highest BCUT2D eigenvalue weighted by atomic mass is 79.9. The maximum absolute atomic E-state index is 11.4. The molecular weight excluding hydrogens is 293 g/mol. The molecule has 3 nitrogen and oxygen atoms in total. The van der Waals surface area contributed by atoms with Gasteiger partial charge in [0.05, 0.1) is 11.6 Å². The Hall–Kier alpha value is -0.740. The topological polar surface area (TPSA) is 38.3 Å². The van der Waals surface area contributed by atoms with E-state index in [0.717, 1.165) is 10.2 Å². The number of ether oxygens (including phenoxy) is 1. The lowest BCUT2D eigenvalue weighted by Gasteiger charge is -2.08. The number of hydrogen-bond donors (Lipinski definition) is 1. The van der Waals surface area contributed by atoms with Gasteiger partial charge in [-0.2, -0.15) is 0 Å². The molecule has 0 aliphatic carbocycles. The standard InChI is InChI=1S/C11H13BrClNO2/c1-16-10-7-8(4-5-9(10)12)14-11(15)3-2-6-13/h4-5,7H,2-3,6H2,1H3,(H,14,15). The van der Waals surface area contributed by atoms with Crippen molar-refractivity contribution in [3.05, 3.63) is 22.7 Å². The number of nitrogens with one attached hydrogen (secondary N) is 1. The van der Waals surface area contributed by atoms with E-state index in [4.69, 9.17) is 16.3 Å². The summed E-state index contributed by atoms with van der Waals surface area (Å²) in [6, 6.07) is 5.41. The van der Waals surface area contributed by atoms with Gasteiger partial charge in [-0.15, -0.1) is 11.6 Å². The van der Waals surface area contributed by atoms with Crippen LogP contribution in [0.5, 0.6) is 5.75 Å². The Kier molecular flexibility index (Phi) is 5.63. The summed E-state index contributed by atoms with van der Waals surface area (Å²) in [5.74, 6) is 1.15. The van der Waals surface area contributed by atoms with Crippen LogP contribution >= 0.6 is 27.5 Å². The Morgan fingerprint density at radius 3 is 2.94 bits per heavy atom. The fourth-order valence-electron chi connectivity index (χ4n) is 1.19. The van der Waals surface area contributed by atoms with E-state index in [2.05, 4.69) is 21.2 Å². The molecule has 1 rings (SSSR count). The summed E-state index contributed by atoms with van der Waals surface area (Å²) in [5.41, 5.74) is 0.722. The normalized spacial score (nSPS) is 9.94. The Morgan fingerprint density at radius 1 is 1.56 bits per heavy atom. The second kappa shape index (κ2) is 6.76. The van der Waals surface area contributed by atoms with Crippen LogP contribution in [0, 0.1) is 0 Å². The van der Waals surface area contributed by atoms with Gasteiger partial charge >= 0.3 is 0 Å². The van der Waals surface area contributed by atoms with Crippen molar-refractivity contribution in [1.82, 2.24) is 0 Å². The lowest BCUT2D eigenvalue weighted by atomic mass is 10.2. The van der Waals surface area contributed by atoms with Gasteiger partial charge in [-0.1, -0.05) is 0 Å². The van der Waals surface area contributed by atoms with E-state index in [1.807, 2.05) is 12.1 Å². The van der Waals surface area contributed by atoms with Gasteiger partial charge in [-0.05, 0) is 34.5 Å². The zero-order chi connectivity index (χ0) is 12.0. The summed E-state index contributed by atoms with van der Waals surface area (Å²) < 4.78 is 5.98. The summed E-state index contributed by atoms with van der Waals surface area (Å²) >= 11 is 8.85. The van der Waals surface area contributed by atoms with Gasteiger partial charge in [0.1, 0.15) is 5.75 Å². The van der Waals surface area contributed by atoms with Crippen molar-refractivity contribution >= 4 is 39.1 Å². The van der Waals surface area contributed by atoms with Gasteiger partial charge < -0.3 is 10.1 Å². The quantitative estimate of drug-likeness (QED) is 0.847. The second-order valence-electron chi connectivity index (χ2n) is 3.19. The summed E-state index contributed by atoms with van der Waals surface area (Å²) in [4.78, 5) is 11.4.